The molecule has 0 N–H and O–H groups in total. The number of benzene rings is 2. The maximum absolute atomic E-state index is 13.6. The first-order valence-electron chi connectivity index (χ1n) is 5.53. The van der Waals surface area contributed by atoms with E-state index in [9.17, 15) is 9.18 Å². The highest BCUT2D eigenvalue weighted by atomic mass is 32.1. The van der Waals surface area contributed by atoms with Gasteiger partial charge in [-0.05, 0) is 29.7 Å². The van der Waals surface area contributed by atoms with E-state index in [1.165, 1.54) is 23.5 Å². The zero-order valence-corrected chi connectivity index (χ0v) is 10.2. The third kappa shape index (κ3) is 1.83. The molecule has 0 saturated heterocycles. The number of halogens is 1. The molecule has 0 amide bonds. The van der Waals surface area contributed by atoms with Gasteiger partial charge in [0.15, 0.2) is 0 Å². The third-order valence-electron chi connectivity index (χ3n) is 2.77. The molecule has 1 heterocycles. The average Bonchev–Trinajstić information content (AvgIpc) is 2.82. The number of fused-ring (bicyclic) bond motifs is 1. The number of carbonyl (C=O) groups is 1. The minimum absolute atomic E-state index is 0.129. The molecule has 18 heavy (non-hydrogen) atoms. The summed E-state index contributed by atoms with van der Waals surface area (Å²) in [5.41, 5.74) is 0.129. The van der Waals surface area contributed by atoms with E-state index in [0.29, 0.717) is 4.88 Å². The Morgan fingerprint density at radius 2 is 1.72 bits per heavy atom. The van der Waals surface area contributed by atoms with E-state index in [1.807, 2.05) is 30.3 Å². The van der Waals surface area contributed by atoms with Crippen LogP contribution < -0.4 is 0 Å². The fourth-order valence-corrected chi connectivity index (χ4v) is 2.89. The summed E-state index contributed by atoms with van der Waals surface area (Å²) in [5.74, 6) is -0.728. The Kier molecular flexibility index (Phi) is 2.68. The van der Waals surface area contributed by atoms with Gasteiger partial charge in [0.2, 0.25) is 5.78 Å². The van der Waals surface area contributed by atoms with Crippen molar-refractivity contribution in [1.82, 2.24) is 0 Å². The van der Waals surface area contributed by atoms with E-state index in [1.54, 1.807) is 12.1 Å². The first kappa shape index (κ1) is 11.1. The quantitative estimate of drug-likeness (QED) is 0.626. The first-order chi connectivity index (χ1) is 8.75. The van der Waals surface area contributed by atoms with Gasteiger partial charge in [-0.3, -0.25) is 4.79 Å². The van der Waals surface area contributed by atoms with Crippen molar-refractivity contribution in [3.63, 3.8) is 0 Å². The van der Waals surface area contributed by atoms with E-state index >= 15 is 0 Å². The van der Waals surface area contributed by atoms with E-state index in [0.717, 1.165) is 10.1 Å². The molecule has 3 rings (SSSR count). The van der Waals surface area contributed by atoms with Gasteiger partial charge in [0.05, 0.1) is 10.4 Å². The van der Waals surface area contributed by atoms with Gasteiger partial charge in [-0.2, -0.15) is 0 Å². The van der Waals surface area contributed by atoms with Crippen LogP contribution in [0.25, 0.3) is 10.1 Å². The standard InChI is InChI=1S/C15H9FOS/c16-12-7-3-2-6-11(12)15(17)14-9-10-5-1-4-8-13(10)18-14/h1-9H. The predicted octanol–water partition coefficient (Wildman–Crippen LogP) is 4.27. The number of carbonyl (C=O) groups excluding carboxylic acids is 1. The predicted molar refractivity (Wildman–Crippen MR) is 71.7 cm³/mol. The molecule has 3 heteroatoms. The number of rotatable bonds is 2. The maximum Gasteiger partial charge on any atom is 0.205 e. The van der Waals surface area contributed by atoms with E-state index < -0.39 is 5.82 Å². The Hall–Kier alpha value is -2.00. The van der Waals surface area contributed by atoms with Crippen LogP contribution in [0.15, 0.2) is 54.6 Å². The van der Waals surface area contributed by atoms with Crippen molar-refractivity contribution in [3.8, 4) is 0 Å². The molecule has 1 aromatic heterocycles. The molecule has 0 bridgehead atoms. The van der Waals surface area contributed by atoms with Crippen LogP contribution in [0.4, 0.5) is 4.39 Å². The Bertz CT molecular complexity index is 697. The molecule has 2 aromatic carbocycles. The number of thiophene rings is 1. The van der Waals surface area contributed by atoms with Crippen molar-refractivity contribution in [2.45, 2.75) is 0 Å². The summed E-state index contributed by atoms with van der Waals surface area (Å²) in [5, 5.41) is 1.02. The van der Waals surface area contributed by atoms with Gasteiger partial charge in [-0.15, -0.1) is 11.3 Å². The highest BCUT2D eigenvalue weighted by molar-refractivity contribution is 7.21. The molecule has 3 aromatic rings. The second kappa shape index (κ2) is 4.35. The molecule has 88 valence electrons. The second-order valence-electron chi connectivity index (χ2n) is 3.96. The van der Waals surface area contributed by atoms with Crippen LogP contribution >= 0.6 is 11.3 Å². The van der Waals surface area contributed by atoms with Crippen LogP contribution in [-0.4, -0.2) is 5.78 Å². The molecule has 0 spiro atoms. The van der Waals surface area contributed by atoms with Crippen molar-refractivity contribution in [1.29, 1.82) is 0 Å². The molecule has 0 aliphatic heterocycles. The number of hydrogen-bond acceptors (Lipinski definition) is 2. The lowest BCUT2D eigenvalue weighted by Crippen LogP contribution is -2.01. The second-order valence-corrected chi connectivity index (χ2v) is 5.04. The minimum atomic E-state index is -0.472. The van der Waals surface area contributed by atoms with Crippen molar-refractivity contribution < 1.29 is 9.18 Å². The van der Waals surface area contributed by atoms with Crippen LogP contribution in [0.3, 0.4) is 0 Å². The maximum atomic E-state index is 13.6. The van der Waals surface area contributed by atoms with Gasteiger partial charge in [0, 0.05) is 4.70 Å². The van der Waals surface area contributed by atoms with E-state index in [4.69, 9.17) is 0 Å². The van der Waals surface area contributed by atoms with Crippen LogP contribution in [0.5, 0.6) is 0 Å². The summed E-state index contributed by atoms with van der Waals surface area (Å²) in [7, 11) is 0. The normalized spacial score (nSPS) is 10.7. The van der Waals surface area contributed by atoms with Crippen LogP contribution in [0, 0.1) is 5.82 Å². The Morgan fingerprint density at radius 1 is 1.00 bits per heavy atom. The van der Waals surface area contributed by atoms with Gasteiger partial charge in [0.25, 0.3) is 0 Å². The summed E-state index contributed by atoms with van der Waals surface area (Å²) in [6, 6.07) is 15.6. The zero-order chi connectivity index (χ0) is 12.5. The fraction of sp³-hybridized carbons (Fsp3) is 0. The molecule has 0 atom stereocenters. The summed E-state index contributed by atoms with van der Waals surface area (Å²) < 4.78 is 14.6. The molecule has 0 fully saturated rings. The van der Waals surface area contributed by atoms with Crippen molar-refractivity contribution >= 4 is 27.2 Å². The smallest absolute Gasteiger partial charge is 0.205 e. The first-order valence-corrected chi connectivity index (χ1v) is 6.35. The third-order valence-corrected chi connectivity index (χ3v) is 3.88. The molecule has 0 radical (unpaired) electrons. The SMILES string of the molecule is O=C(c1cc2ccccc2s1)c1ccccc1F. The zero-order valence-electron chi connectivity index (χ0n) is 9.39. The molecular formula is C15H9FOS. The highest BCUT2D eigenvalue weighted by Gasteiger charge is 2.15. The van der Waals surface area contributed by atoms with E-state index in [-0.39, 0.29) is 11.3 Å². The molecule has 1 nitrogen and oxygen atoms in total. The van der Waals surface area contributed by atoms with Crippen LogP contribution in [-0.2, 0) is 0 Å². The average molecular weight is 256 g/mol. The van der Waals surface area contributed by atoms with Crippen LogP contribution in [0.1, 0.15) is 15.2 Å². The van der Waals surface area contributed by atoms with Gasteiger partial charge in [-0.25, -0.2) is 4.39 Å². The molecule has 0 aliphatic rings. The minimum Gasteiger partial charge on any atom is -0.288 e. The fourth-order valence-electron chi connectivity index (χ4n) is 1.87. The number of ketones is 1. The Morgan fingerprint density at radius 3 is 2.50 bits per heavy atom. The summed E-state index contributed by atoms with van der Waals surface area (Å²) in [6.07, 6.45) is 0. The summed E-state index contributed by atoms with van der Waals surface area (Å²) >= 11 is 1.39. The van der Waals surface area contributed by atoms with Gasteiger partial charge in [0.1, 0.15) is 5.82 Å². The van der Waals surface area contributed by atoms with Gasteiger partial charge < -0.3 is 0 Å². The Balaban J connectivity index is 2.10. The largest absolute Gasteiger partial charge is 0.288 e. The highest BCUT2D eigenvalue weighted by Crippen LogP contribution is 2.27. The summed E-state index contributed by atoms with van der Waals surface area (Å²) in [4.78, 5) is 12.8. The van der Waals surface area contributed by atoms with Gasteiger partial charge >= 0.3 is 0 Å². The lowest BCUT2D eigenvalue weighted by Gasteiger charge is -1.98. The van der Waals surface area contributed by atoms with Crippen molar-refractivity contribution in [3.05, 3.63) is 70.9 Å². The molecule has 0 aliphatic carbocycles. The number of hydrogen-bond donors (Lipinski definition) is 0. The van der Waals surface area contributed by atoms with Gasteiger partial charge in [-0.1, -0.05) is 30.3 Å². The van der Waals surface area contributed by atoms with Crippen molar-refractivity contribution in [2.75, 3.05) is 0 Å². The monoisotopic (exact) mass is 256 g/mol. The van der Waals surface area contributed by atoms with Crippen LogP contribution in [0.2, 0.25) is 0 Å². The summed E-state index contributed by atoms with van der Waals surface area (Å²) in [6.45, 7) is 0. The topological polar surface area (TPSA) is 17.1 Å². The molecule has 0 unspecified atom stereocenters. The lowest BCUT2D eigenvalue weighted by atomic mass is 10.1. The molecule has 0 saturated carbocycles. The molecular weight excluding hydrogens is 247 g/mol. The van der Waals surface area contributed by atoms with Crippen molar-refractivity contribution in [2.24, 2.45) is 0 Å². The van der Waals surface area contributed by atoms with E-state index in [2.05, 4.69) is 0 Å². The Labute approximate surface area is 108 Å². The lowest BCUT2D eigenvalue weighted by molar-refractivity contribution is 0.103.